The van der Waals surface area contributed by atoms with E-state index in [1.54, 1.807) is 37.3 Å². The molecule has 2 aliphatic carbocycles. The number of hydrogen-bond acceptors (Lipinski definition) is 4. The van der Waals surface area contributed by atoms with E-state index in [4.69, 9.17) is 0 Å². The van der Waals surface area contributed by atoms with Gasteiger partial charge in [-0.2, -0.15) is 0 Å². The Balaban J connectivity index is 1.78. The van der Waals surface area contributed by atoms with E-state index in [0.717, 1.165) is 12.1 Å². The first-order chi connectivity index (χ1) is 16.4. The van der Waals surface area contributed by atoms with Gasteiger partial charge in [0.05, 0.1) is 5.75 Å². The second-order valence-electron chi connectivity index (χ2n) is 10.5. The summed E-state index contributed by atoms with van der Waals surface area (Å²) in [6.07, 6.45) is 1.83. The zero-order valence-electron chi connectivity index (χ0n) is 19.9. The smallest absolute Gasteiger partial charge is 0.190 e. The van der Waals surface area contributed by atoms with Crippen LogP contribution in [-0.4, -0.2) is 36.7 Å². The molecule has 35 heavy (non-hydrogen) atoms. The molecule has 2 aromatic carbocycles. The number of carbonyl (C=O) groups is 1. The highest BCUT2D eigenvalue weighted by Crippen LogP contribution is 2.66. The van der Waals surface area contributed by atoms with Crippen molar-refractivity contribution >= 4 is 15.6 Å². The number of carbonyl (C=O) groups excluding carboxylic acids is 1. The number of ketones is 1. The molecule has 0 radical (unpaired) electrons. The number of Topliss-reactive ketones (excluding diaryl/α,β-unsaturated/α-hetero) is 1. The highest BCUT2D eigenvalue weighted by molar-refractivity contribution is 7.91. The van der Waals surface area contributed by atoms with Gasteiger partial charge in [-0.05, 0) is 79.5 Å². The maximum absolute atomic E-state index is 15.7. The minimum atomic E-state index is -4.03. The van der Waals surface area contributed by atoms with Crippen molar-refractivity contribution in [2.24, 2.45) is 23.2 Å². The minimum Gasteiger partial charge on any atom is -0.382 e. The SMILES string of the molecule is CC[C@@](C)(O)C(=O)C1CC2(CC2)[C@H](CS(=O)(=O)CF)C1Cc1cc(F)cc(-c2ccccc2)c1F. The summed E-state index contributed by atoms with van der Waals surface area (Å²) in [4.78, 5) is 13.4. The van der Waals surface area contributed by atoms with E-state index in [2.05, 4.69) is 0 Å². The Kier molecular flexibility index (Phi) is 6.92. The molecule has 4 atom stereocenters. The van der Waals surface area contributed by atoms with Crippen LogP contribution in [0.15, 0.2) is 42.5 Å². The summed E-state index contributed by atoms with van der Waals surface area (Å²) in [5.74, 6) is -4.11. The summed E-state index contributed by atoms with van der Waals surface area (Å²) in [7, 11) is -4.03. The number of hydrogen-bond donors (Lipinski definition) is 1. The predicted octanol–water partition coefficient (Wildman–Crippen LogP) is 5.28. The van der Waals surface area contributed by atoms with Crippen molar-refractivity contribution in [2.75, 3.05) is 11.8 Å². The standard InChI is InChI=1S/C27H31F3O4S/c1-3-26(2,32)25(31)22-14-27(9-10-27)23(15-35(33,34)16-28)21(22)12-18-11-19(29)13-20(24(18)30)17-7-5-4-6-8-17/h4-8,11,13,21-23,32H,3,9-10,12,14-16H2,1-2H3/t21?,22?,23-,26-/m1/s1. The monoisotopic (exact) mass is 508 g/mol. The van der Waals surface area contributed by atoms with Crippen LogP contribution in [-0.2, 0) is 21.1 Å². The Hall–Kier alpha value is -2.19. The second-order valence-corrected chi connectivity index (χ2v) is 12.5. The third-order valence-corrected chi connectivity index (χ3v) is 9.35. The molecule has 0 heterocycles. The molecular formula is C27H31F3O4S. The van der Waals surface area contributed by atoms with E-state index in [0.29, 0.717) is 24.8 Å². The van der Waals surface area contributed by atoms with Crippen molar-refractivity contribution in [1.29, 1.82) is 0 Å². The molecule has 2 unspecified atom stereocenters. The zero-order valence-corrected chi connectivity index (χ0v) is 20.8. The molecule has 0 bridgehead atoms. The van der Waals surface area contributed by atoms with Crippen molar-refractivity contribution in [3.8, 4) is 11.1 Å². The maximum atomic E-state index is 15.7. The van der Waals surface area contributed by atoms with E-state index < -0.39 is 67.8 Å². The lowest BCUT2D eigenvalue weighted by Crippen LogP contribution is -2.42. The summed E-state index contributed by atoms with van der Waals surface area (Å²) in [5, 5.41) is 10.7. The van der Waals surface area contributed by atoms with Crippen LogP contribution < -0.4 is 0 Å². The number of aliphatic hydroxyl groups is 1. The van der Waals surface area contributed by atoms with E-state index in [9.17, 15) is 27.1 Å². The Morgan fingerprint density at radius 3 is 2.40 bits per heavy atom. The molecule has 0 saturated heterocycles. The van der Waals surface area contributed by atoms with Crippen LogP contribution in [0, 0.1) is 34.8 Å². The molecular weight excluding hydrogens is 477 g/mol. The lowest BCUT2D eigenvalue weighted by molar-refractivity contribution is -0.141. The van der Waals surface area contributed by atoms with E-state index >= 15 is 4.39 Å². The van der Waals surface area contributed by atoms with E-state index in [1.165, 1.54) is 6.92 Å². The minimum absolute atomic E-state index is 0.0446. The molecule has 0 aromatic heterocycles. The van der Waals surface area contributed by atoms with Crippen molar-refractivity contribution in [1.82, 2.24) is 0 Å². The molecule has 4 rings (SSSR count). The fraction of sp³-hybridized carbons (Fsp3) is 0.519. The number of rotatable bonds is 9. The van der Waals surface area contributed by atoms with Crippen LogP contribution in [0.1, 0.15) is 45.1 Å². The summed E-state index contributed by atoms with van der Waals surface area (Å²) in [5.41, 5.74) is -1.46. The molecule has 2 saturated carbocycles. The van der Waals surface area contributed by atoms with Gasteiger partial charge in [-0.1, -0.05) is 37.3 Å². The van der Waals surface area contributed by atoms with Crippen molar-refractivity contribution in [2.45, 2.75) is 51.6 Å². The van der Waals surface area contributed by atoms with Gasteiger partial charge in [0.2, 0.25) is 0 Å². The van der Waals surface area contributed by atoms with E-state index in [1.807, 2.05) is 0 Å². The lowest BCUT2D eigenvalue weighted by Gasteiger charge is -2.30. The summed E-state index contributed by atoms with van der Waals surface area (Å²) < 4.78 is 68.2. The summed E-state index contributed by atoms with van der Waals surface area (Å²) in [6.45, 7) is 3.10. The fourth-order valence-corrected chi connectivity index (χ4v) is 7.09. The molecule has 8 heteroatoms. The molecule has 2 fully saturated rings. The molecule has 1 N–H and O–H groups in total. The Morgan fingerprint density at radius 2 is 1.83 bits per heavy atom. The average Bonchev–Trinajstić information content (AvgIpc) is 3.56. The lowest BCUT2D eigenvalue weighted by atomic mass is 9.77. The average molecular weight is 509 g/mol. The zero-order chi connectivity index (χ0) is 25.6. The van der Waals surface area contributed by atoms with Gasteiger partial charge in [0.1, 0.15) is 17.2 Å². The van der Waals surface area contributed by atoms with Gasteiger partial charge < -0.3 is 5.11 Å². The topological polar surface area (TPSA) is 71.4 Å². The van der Waals surface area contributed by atoms with E-state index in [-0.39, 0.29) is 24.0 Å². The molecule has 2 aromatic rings. The third-order valence-electron chi connectivity index (χ3n) is 8.15. The molecule has 1 spiro atoms. The highest BCUT2D eigenvalue weighted by atomic mass is 32.2. The molecule has 0 amide bonds. The molecule has 4 nitrogen and oxygen atoms in total. The number of sulfone groups is 1. The summed E-state index contributed by atoms with van der Waals surface area (Å²) >= 11 is 0. The van der Waals surface area contributed by atoms with Gasteiger partial charge >= 0.3 is 0 Å². The number of benzene rings is 2. The quantitative estimate of drug-likeness (QED) is 0.500. The van der Waals surface area contributed by atoms with Crippen molar-refractivity contribution in [3.05, 3.63) is 59.7 Å². The number of alkyl halides is 1. The van der Waals surface area contributed by atoms with Gasteiger partial charge in [0, 0.05) is 11.5 Å². The first-order valence-electron chi connectivity index (χ1n) is 12.0. The van der Waals surface area contributed by atoms with Crippen LogP contribution in [0.2, 0.25) is 0 Å². The van der Waals surface area contributed by atoms with Crippen LogP contribution in [0.25, 0.3) is 11.1 Å². The van der Waals surface area contributed by atoms with Crippen LogP contribution in [0.5, 0.6) is 0 Å². The first-order valence-corrected chi connectivity index (χ1v) is 13.8. The van der Waals surface area contributed by atoms with Crippen molar-refractivity contribution < 1.29 is 31.5 Å². The molecule has 190 valence electrons. The van der Waals surface area contributed by atoms with Crippen molar-refractivity contribution in [3.63, 3.8) is 0 Å². The number of halogens is 3. The van der Waals surface area contributed by atoms with Crippen LogP contribution in [0.3, 0.4) is 0 Å². The predicted molar refractivity (Wildman–Crippen MR) is 128 cm³/mol. The Bertz CT molecular complexity index is 1210. The van der Waals surface area contributed by atoms with Crippen LogP contribution in [0.4, 0.5) is 13.2 Å². The van der Waals surface area contributed by atoms with Gasteiger partial charge in [0.15, 0.2) is 21.6 Å². The Morgan fingerprint density at radius 1 is 1.17 bits per heavy atom. The second kappa shape index (κ2) is 9.36. The molecule has 0 aliphatic heterocycles. The largest absolute Gasteiger partial charge is 0.382 e. The fourth-order valence-electron chi connectivity index (χ4n) is 5.85. The van der Waals surface area contributed by atoms with Gasteiger partial charge in [-0.3, -0.25) is 4.79 Å². The van der Waals surface area contributed by atoms with Gasteiger partial charge in [-0.25, -0.2) is 21.6 Å². The maximum Gasteiger partial charge on any atom is 0.190 e. The normalized spacial score (nSPS) is 24.9. The van der Waals surface area contributed by atoms with Crippen LogP contribution >= 0.6 is 0 Å². The molecule has 2 aliphatic rings. The highest BCUT2D eigenvalue weighted by Gasteiger charge is 2.62. The van der Waals surface area contributed by atoms with Gasteiger partial charge in [0.25, 0.3) is 0 Å². The summed E-state index contributed by atoms with van der Waals surface area (Å²) in [6, 6.07) is 9.21. The third kappa shape index (κ3) is 5.05. The Labute approximate surface area is 204 Å². The van der Waals surface area contributed by atoms with Gasteiger partial charge in [-0.15, -0.1) is 0 Å². The first kappa shape index (κ1) is 25.9.